The number of hydrogen-bond acceptors (Lipinski definition) is 3. The van der Waals surface area contributed by atoms with Crippen LogP contribution in [0, 0.1) is 0 Å². The van der Waals surface area contributed by atoms with E-state index in [1.807, 2.05) is 24.3 Å². The van der Waals surface area contributed by atoms with Crippen LogP contribution in [0.2, 0.25) is 0 Å². The summed E-state index contributed by atoms with van der Waals surface area (Å²) in [6.07, 6.45) is 1.93. The number of hydrogen-bond donors (Lipinski definition) is 2. The van der Waals surface area contributed by atoms with E-state index in [9.17, 15) is 0 Å². The first-order valence-electron chi connectivity index (χ1n) is 7.52. The van der Waals surface area contributed by atoms with Gasteiger partial charge in [-0.1, -0.05) is 43.3 Å². The molecule has 0 spiro atoms. The molecule has 0 radical (unpaired) electrons. The minimum Gasteiger partial charge on any atom is -0.491 e. The highest BCUT2D eigenvalue weighted by molar-refractivity contribution is 5.73. The fraction of sp³-hybridized carbons (Fsp3) is 0.333. The molecular weight excluding hydrogens is 260 g/mol. The van der Waals surface area contributed by atoms with E-state index in [4.69, 9.17) is 10.5 Å². The van der Waals surface area contributed by atoms with Gasteiger partial charge in [0.1, 0.15) is 5.75 Å². The zero-order chi connectivity index (χ0) is 15.1. The van der Waals surface area contributed by atoms with Gasteiger partial charge in [0.2, 0.25) is 0 Å². The minimum atomic E-state index is 0.302. The lowest BCUT2D eigenvalue weighted by molar-refractivity contribution is 0.319. The predicted octanol–water partition coefficient (Wildman–Crippen LogP) is 4.10. The Morgan fingerprint density at radius 3 is 2.57 bits per heavy atom. The van der Waals surface area contributed by atoms with Crippen LogP contribution in [0.3, 0.4) is 0 Å². The molecule has 2 rings (SSSR count). The maximum absolute atomic E-state index is 6.18. The molecule has 1 atom stereocenters. The smallest absolute Gasteiger partial charge is 0.144 e. The van der Waals surface area contributed by atoms with Crippen molar-refractivity contribution < 1.29 is 4.74 Å². The summed E-state index contributed by atoms with van der Waals surface area (Å²) in [7, 11) is 0. The molecule has 0 amide bonds. The summed E-state index contributed by atoms with van der Waals surface area (Å²) in [5, 5.41) is 3.47. The van der Waals surface area contributed by atoms with Gasteiger partial charge in [-0.3, -0.25) is 0 Å². The Kier molecular flexibility index (Phi) is 5.50. The SMILES string of the molecule is CCCOc1cccc(NC(C)Cc2ccccc2)c1N. The van der Waals surface area contributed by atoms with Crippen LogP contribution < -0.4 is 15.8 Å². The summed E-state index contributed by atoms with van der Waals surface area (Å²) in [4.78, 5) is 0. The van der Waals surface area contributed by atoms with Crippen molar-refractivity contribution in [3.05, 3.63) is 54.1 Å². The maximum Gasteiger partial charge on any atom is 0.144 e. The van der Waals surface area contributed by atoms with Gasteiger partial charge in [-0.25, -0.2) is 0 Å². The zero-order valence-electron chi connectivity index (χ0n) is 12.8. The number of rotatable bonds is 7. The average molecular weight is 284 g/mol. The average Bonchev–Trinajstić information content (AvgIpc) is 2.49. The Hall–Kier alpha value is -2.16. The lowest BCUT2D eigenvalue weighted by Crippen LogP contribution is -2.19. The Bertz CT molecular complexity index is 554. The van der Waals surface area contributed by atoms with Crippen LogP contribution in [0.25, 0.3) is 0 Å². The van der Waals surface area contributed by atoms with Gasteiger partial charge in [-0.05, 0) is 37.5 Å². The first kappa shape index (κ1) is 15.2. The van der Waals surface area contributed by atoms with Crippen molar-refractivity contribution in [2.24, 2.45) is 0 Å². The molecule has 2 aromatic rings. The van der Waals surface area contributed by atoms with Crippen LogP contribution >= 0.6 is 0 Å². The van der Waals surface area contributed by atoms with Crippen LogP contribution in [0.4, 0.5) is 11.4 Å². The molecule has 0 aromatic heterocycles. The third-order valence-corrected chi connectivity index (χ3v) is 3.31. The molecule has 0 fully saturated rings. The molecule has 3 N–H and O–H groups in total. The summed E-state index contributed by atoms with van der Waals surface area (Å²) < 4.78 is 5.66. The molecular formula is C18H24N2O. The van der Waals surface area contributed by atoms with Crippen LogP contribution in [0.15, 0.2) is 48.5 Å². The molecule has 0 aliphatic heterocycles. The van der Waals surface area contributed by atoms with Crippen molar-refractivity contribution in [2.45, 2.75) is 32.7 Å². The monoisotopic (exact) mass is 284 g/mol. The topological polar surface area (TPSA) is 47.3 Å². The summed E-state index contributed by atoms with van der Waals surface area (Å²) in [5.74, 6) is 0.758. The molecule has 1 unspecified atom stereocenters. The summed E-state index contributed by atoms with van der Waals surface area (Å²) in [6, 6.07) is 16.6. The molecule has 0 aliphatic carbocycles. The van der Waals surface area contributed by atoms with Crippen LogP contribution in [-0.2, 0) is 6.42 Å². The number of ether oxygens (including phenoxy) is 1. The van der Waals surface area contributed by atoms with Gasteiger partial charge < -0.3 is 15.8 Å². The summed E-state index contributed by atoms with van der Waals surface area (Å²) >= 11 is 0. The third-order valence-electron chi connectivity index (χ3n) is 3.31. The van der Waals surface area contributed by atoms with Gasteiger partial charge in [0.05, 0.1) is 18.0 Å². The second kappa shape index (κ2) is 7.58. The second-order valence-electron chi connectivity index (χ2n) is 5.30. The Balaban J connectivity index is 2.02. The standard InChI is InChI=1S/C18H24N2O/c1-3-12-21-17-11-7-10-16(18(17)19)20-14(2)13-15-8-5-4-6-9-15/h4-11,14,20H,3,12-13,19H2,1-2H3. The fourth-order valence-corrected chi connectivity index (χ4v) is 2.29. The molecule has 2 aromatic carbocycles. The van der Waals surface area contributed by atoms with Gasteiger partial charge in [-0.2, -0.15) is 0 Å². The normalized spacial score (nSPS) is 11.9. The van der Waals surface area contributed by atoms with Gasteiger partial charge in [0.15, 0.2) is 0 Å². The number of nitrogens with one attached hydrogen (secondary N) is 1. The highest BCUT2D eigenvalue weighted by Gasteiger charge is 2.09. The minimum absolute atomic E-state index is 0.302. The lowest BCUT2D eigenvalue weighted by Gasteiger charge is -2.18. The summed E-state index contributed by atoms with van der Waals surface area (Å²) in [5.41, 5.74) is 9.12. The Morgan fingerprint density at radius 1 is 1.10 bits per heavy atom. The Labute approximate surface area is 127 Å². The van der Waals surface area contributed by atoms with Crippen molar-refractivity contribution in [3.8, 4) is 5.75 Å². The molecule has 0 bridgehead atoms. The quantitative estimate of drug-likeness (QED) is 0.752. The largest absolute Gasteiger partial charge is 0.491 e. The predicted molar refractivity (Wildman–Crippen MR) is 89.9 cm³/mol. The van der Waals surface area contributed by atoms with E-state index in [1.54, 1.807) is 0 Å². The van der Waals surface area contributed by atoms with Crippen LogP contribution in [0.1, 0.15) is 25.8 Å². The highest BCUT2D eigenvalue weighted by atomic mass is 16.5. The van der Waals surface area contributed by atoms with Gasteiger partial charge in [0, 0.05) is 6.04 Å². The first-order valence-corrected chi connectivity index (χ1v) is 7.52. The number of para-hydroxylation sites is 1. The first-order chi connectivity index (χ1) is 10.2. The molecule has 0 aliphatic rings. The lowest BCUT2D eigenvalue weighted by atomic mass is 10.1. The van der Waals surface area contributed by atoms with E-state index < -0.39 is 0 Å². The van der Waals surface area contributed by atoms with Gasteiger partial charge in [-0.15, -0.1) is 0 Å². The number of benzene rings is 2. The third kappa shape index (κ3) is 4.42. The number of nitrogens with two attached hydrogens (primary N) is 1. The van der Waals surface area contributed by atoms with E-state index in [1.165, 1.54) is 5.56 Å². The zero-order valence-corrected chi connectivity index (χ0v) is 12.8. The van der Waals surface area contributed by atoms with E-state index >= 15 is 0 Å². The molecule has 3 heteroatoms. The van der Waals surface area contributed by atoms with E-state index in [0.29, 0.717) is 18.3 Å². The fourth-order valence-electron chi connectivity index (χ4n) is 2.29. The van der Waals surface area contributed by atoms with Crippen molar-refractivity contribution in [2.75, 3.05) is 17.7 Å². The molecule has 0 saturated carbocycles. The molecule has 3 nitrogen and oxygen atoms in total. The Morgan fingerprint density at radius 2 is 1.86 bits per heavy atom. The van der Waals surface area contributed by atoms with Gasteiger partial charge >= 0.3 is 0 Å². The molecule has 0 saturated heterocycles. The van der Waals surface area contributed by atoms with Crippen molar-refractivity contribution in [1.29, 1.82) is 0 Å². The number of nitrogen functional groups attached to an aromatic ring is 1. The van der Waals surface area contributed by atoms with Crippen molar-refractivity contribution in [1.82, 2.24) is 0 Å². The number of anilines is 2. The molecule has 0 heterocycles. The van der Waals surface area contributed by atoms with Crippen LogP contribution in [-0.4, -0.2) is 12.6 Å². The molecule has 21 heavy (non-hydrogen) atoms. The second-order valence-corrected chi connectivity index (χ2v) is 5.30. The highest BCUT2D eigenvalue weighted by Crippen LogP contribution is 2.30. The molecule has 112 valence electrons. The summed E-state index contributed by atoms with van der Waals surface area (Å²) in [6.45, 7) is 4.93. The van der Waals surface area contributed by atoms with Crippen LogP contribution in [0.5, 0.6) is 5.75 Å². The van der Waals surface area contributed by atoms with Crippen molar-refractivity contribution >= 4 is 11.4 Å². The maximum atomic E-state index is 6.18. The van der Waals surface area contributed by atoms with Crippen molar-refractivity contribution in [3.63, 3.8) is 0 Å². The van der Waals surface area contributed by atoms with E-state index in [0.717, 1.165) is 24.3 Å². The van der Waals surface area contributed by atoms with Gasteiger partial charge in [0.25, 0.3) is 0 Å². The van der Waals surface area contributed by atoms with E-state index in [2.05, 4.69) is 43.4 Å². The van der Waals surface area contributed by atoms with E-state index in [-0.39, 0.29) is 0 Å².